The molecule has 0 atom stereocenters. The van der Waals surface area contributed by atoms with Crippen molar-refractivity contribution in [2.45, 2.75) is 40.2 Å². The highest BCUT2D eigenvalue weighted by molar-refractivity contribution is 8.01. The van der Waals surface area contributed by atoms with Crippen LogP contribution in [0, 0.1) is 0 Å². The molecule has 0 aliphatic carbocycles. The van der Waals surface area contributed by atoms with Crippen LogP contribution in [-0.4, -0.2) is 0 Å². The van der Waals surface area contributed by atoms with Gasteiger partial charge < -0.3 is 0 Å². The lowest BCUT2D eigenvalue weighted by Crippen LogP contribution is -2.12. The number of hydrogen-bond donors (Lipinski definition) is 1. The molecule has 0 saturated heterocycles. The summed E-state index contributed by atoms with van der Waals surface area (Å²) in [7, 11) is 0. The van der Waals surface area contributed by atoms with E-state index >= 15 is 0 Å². The van der Waals surface area contributed by atoms with Gasteiger partial charge in [-0.25, -0.2) is 0 Å². The van der Waals surface area contributed by atoms with E-state index in [2.05, 4.69) is 81.2 Å². The first-order valence-corrected chi connectivity index (χ1v) is 9.74. The normalized spacial score (nSPS) is 11.7. The zero-order chi connectivity index (χ0) is 16.4. The quantitative estimate of drug-likeness (QED) is 0.486. The third-order valence-electron chi connectivity index (χ3n) is 3.70. The fourth-order valence-electron chi connectivity index (χ4n) is 2.57. The second-order valence-corrected chi connectivity index (χ2v) is 9.29. The average Bonchev–Trinajstić information content (AvgIpc) is 2.97. The summed E-state index contributed by atoms with van der Waals surface area (Å²) >= 11 is 8.00. The summed E-state index contributed by atoms with van der Waals surface area (Å²) < 4.78 is 1.34. The molecule has 1 aromatic heterocycles. The van der Waals surface area contributed by atoms with Crippen molar-refractivity contribution in [1.29, 1.82) is 0 Å². The summed E-state index contributed by atoms with van der Waals surface area (Å²) in [6, 6.07) is 19.3. The molecule has 1 heterocycles. The van der Waals surface area contributed by atoms with E-state index in [1.165, 1.54) is 25.8 Å². The summed E-state index contributed by atoms with van der Waals surface area (Å²) in [6.45, 7) is 6.82. The lowest BCUT2D eigenvalue weighted by atomic mass is 9.82. The van der Waals surface area contributed by atoms with Crippen LogP contribution < -0.4 is 0 Å². The predicted octanol–water partition coefficient (Wildman–Crippen LogP) is 7.15. The molecule has 23 heavy (non-hydrogen) atoms. The third-order valence-corrected chi connectivity index (χ3v) is 6.16. The number of benzene rings is 2. The topological polar surface area (TPSA) is 0 Å². The Morgan fingerprint density at radius 1 is 0.870 bits per heavy atom. The van der Waals surface area contributed by atoms with E-state index in [9.17, 15) is 0 Å². The van der Waals surface area contributed by atoms with Gasteiger partial charge in [0, 0.05) is 15.4 Å². The van der Waals surface area contributed by atoms with E-state index in [-0.39, 0.29) is 5.41 Å². The molecule has 118 valence electrons. The van der Waals surface area contributed by atoms with Crippen LogP contribution in [0.2, 0.25) is 0 Å². The summed E-state index contributed by atoms with van der Waals surface area (Å²) in [6.07, 6.45) is 0. The van der Waals surface area contributed by atoms with Crippen molar-refractivity contribution in [2.24, 2.45) is 0 Å². The van der Waals surface area contributed by atoms with Gasteiger partial charge in [-0.15, -0.1) is 24.0 Å². The molecule has 0 bridgehead atoms. The van der Waals surface area contributed by atoms with Crippen LogP contribution in [0.4, 0.5) is 0 Å². The molecule has 0 radical (unpaired) electrons. The average molecular weight is 357 g/mol. The second-order valence-electron chi connectivity index (χ2n) is 6.51. The van der Waals surface area contributed by atoms with E-state index in [4.69, 9.17) is 0 Å². The van der Waals surface area contributed by atoms with Gasteiger partial charge in [-0.05, 0) is 52.3 Å². The van der Waals surface area contributed by atoms with Gasteiger partial charge in [0.15, 0.2) is 0 Å². The lowest BCUT2D eigenvalue weighted by molar-refractivity contribution is 0.592. The van der Waals surface area contributed by atoms with Gasteiger partial charge in [-0.3, -0.25) is 0 Å². The van der Waals surface area contributed by atoms with E-state index in [0.29, 0.717) is 0 Å². The largest absolute Gasteiger partial charge is 0.143 e. The molecule has 0 nitrogen and oxygen atoms in total. The van der Waals surface area contributed by atoms with Gasteiger partial charge in [0.25, 0.3) is 0 Å². The molecular formula is C20H20S3. The standard InChI is InChI=1S/C20H20S3/c1-20(2,3)18-7-5-4-6-16(18)17-12-13-22-19(17)23-15-10-8-14(21)9-11-15/h4-13,21H,1-3H3. The Bertz CT molecular complexity index is 792. The van der Waals surface area contributed by atoms with Crippen LogP contribution in [0.3, 0.4) is 0 Å². The third kappa shape index (κ3) is 3.85. The molecule has 0 aliphatic rings. The predicted molar refractivity (Wildman–Crippen MR) is 106 cm³/mol. The van der Waals surface area contributed by atoms with Crippen LogP contribution in [0.15, 0.2) is 74.0 Å². The van der Waals surface area contributed by atoms with Gasteiger partial charge in [0.2, 0.25) is 0 Å². The Balaban J connectivity index is 2.00. The molecular weight excluding hydrogens is 336 g/mol. The molecule has 0 spiro atoms. The molecule has 2 aromatic carbocycles. The highest BCUT2D eigenvalue weighted by Gasteiger charge is 2.20. The van der Waals surface area contributed by atoms with E-state index in [1.807, 2.05) is 23.9 Å². The fourth-order valence-corrected chi connectivity index (χ4v) is 4.77. The Kier molecular flexibility index (Phi) is 4.90. The van der Waals surface area contributed by atoms with Gasteiger partial charge in [0.1, 0.15) is 0 Å². The molecule has 0 N–H and O–H groups in total. The van der Waals surface area contributed by atoms with E-state index in [0.717, 1.165) is 4.90 Å². The molecule has 0 unspecified atom stereocenters. The number of thiol groups is 1. The zero-order valence-electron chi connectivity index (χ0n) is 13.5. The van der Waals surface area contributed by atoms with Crippen LogP contribution in [0.25, 0.3) is 11.1 Å². The van der Waals surface area contributed by atoms with Crippen LogP contribution >= 0.6 is 35.7 Å². The number of thiophene rings is 1. The van der Waals surface area contributed by atoms with Crippen molar-refractivity contribution in [1.82, 2.24) is 0 Å². The monoisotopic (exact) mass is 356 g/mol. The van der Waals surface area contributed by atoms with Gasteiger partial charge in [0.05, 0.1) is 4.21 Å². The summed E-state index contributed by atoms with van der Waals surface area (Å²) in [5.74, 6) is 0. The minimum absolute atomic E-state index is 0.133. The minimum Gasteiger partial charge on any atom is -0.143 e. The van der Waals surface area contributed by atoms with Crippen molar-refractivity contribution < 1.29 is 0 Å². The van der Waals surface area contributed by atoms with Crippen molar-refractivity contribution in [3.05, 3.63) is 65.5 Å². The first-order valence-electron chi connectivity index (χ1n) is 7.59. The molecule has 0 saturated carbocycles. The van der Waals surface area contributed by atoms with Crippen LogP contribution in [-0.2, 0) is 5.41 Å². The fraction of sp³-hybridized carbons (Fsp3) is 0.200. The molecule has 3 aromatic rings. The number of rotatable bonds is 3. The van der Waals surface area contributed by atoms with Crippen molar-refractivity contribution in [2.75, 3.05) is 0 Å². The lowest BCUT2D eigenvalue weighted by Gasteiger charge is -2.23. The Labute approximate surface area is 152 Å². The molecule has 3 rings (SSSR count). The second kappa shape index (κ2) is 6.76. The maximum Gasteiger partial charge on any atom is 0.0724 e. The molecule has 0 amide bonds. The molecule has 3 heteroatoms. The number of hydrogen-bond acceptors (Lipinski definition) is 3. The Hall–Kier alpha value is -1.16. The van der Waals surface area contributed by atoms with Crippen molar-refractivity contribution in [3.63, 3.8) is 0 Å². The van der Waals surface area contributed by atoms with E-state index < -0.39 is 0 Å². The van der Waals surface area contributed by atoms with Crippen LogP contribution in [0.1, 0.15) is 26.3 Å². The molecule has 0 aliphatic heterocycles. The smallest absolute Gasteiger partial charge is 0.0724 e. The Morgan fingerprint density at radius 3 is 2.26 bits per heavy atom. The van der Waals surface area contributed by atoms with Gasteiger partial charge >= 0.3 is 0 Å². The first-order chi connectivity index (χ1) is 10.9. The highest BCUT2D eigenvalue weighted by atomic mass is 32.2. The SMILES string of the molecule is CC(C)(C)c1ccccc1-c1ccsc1Sc1ccc(S)cc1. The van der Waals surface area contributed by atoms with Gasteiger partial charge in [-0.2, -0.15) is 0 Å². The van der Waals surface area contributed by atoms with Crippen molar-refractivity contribution >= 4 is 35.7 Å². The summed E-state index contributed by atoms with van der Waals surface area (Å²) in [4.78, 5) is 2.25. The van der Waals surface area contributed by atoms with Crippen LogP contribution in [0.5, 0.6) is 0 Å². The molecule has 0 fully saturated rings. The summed E-state index contributed by atoms with van der Waals surface area (Å²) in [5.41, 5.74) is 4.20. The maximum atomic E-state index is 4.36. The zero-order valence-corrected chi connectivity index (χ0v) is 16.1. The van der Waals surface area contributed by atoms with E-state index in [1.54, 1.807) is 11.3 Å². The summed E-state index contributed by atoms with van der Waals surface area (Å²) in [5, 5.41) is 2.18. The maximum absolute atomic E-state index is 4.36. The first kappa shape index (κ1) is 16.7. The van der Waals surface area contributed by atoms with Gasteiger partial charge in [-0.1, -0.05) is 56.8 Å². The Morgan fingerprint density at radius 2 is 1.57 bits per heavy atom. The highest BCUT2D eigenvalue weighted by Crippen LogP contribution is 2.43. The minimum atomic E-state index is 0.133. The van der Waals surface area contributed by atoms with Crippen molar-refractivity contribution in [3.8, 4) is 11.1 Å².